The van der Waals surface area contributed by atoms with Crippen molar-refractivity contribution in [3.05, 3.63) is 0 Å². The second kappa shape index (κ2) is 5.72. The first-order valence-electron chi connectivity index (χ1n) is 5.52. The van der Waals surface area contributed by atoms with Gasteiger partial charge in [0.05, 0.1) is 0 Å². The molecular weight excluding hydrogens is 208 g/mol. The Morgan fingerprint density at radius 1 is 1.25 bits per heavy atom. The van der Waals surface area contributed by atoms with Crippen LogP contribution in [0.15, 0.2) is 0 Å². The van der Waals surface area contributed by atoms with Gasteiger partial charge in [-0.2, -0.15) is 0 Å². The van der Waals surface area contributed by atoms with Gasteiger partial charge in [0.15, 0.2) is 0 Å². The Balaban J connectivity index is 4.65. The Labute approximate surface area is 96.8 Å². The molecule has 0 saturated heterocycles. The number of hydrogen-bond acceptors (Lipinski definition) is 2. The number of carbonyl (C=O) groups excluding carboxylic acids is 1. The molecule has 1 atom stereocenters. The first kappa shape index (κ1) is 14.7. The summed E-state index contributed by atoms with van der Waals surface area (Å²) in [6.07, 6.45) is 0. The summed E-state index contributed by atoms with van der Waals surface area (Å²) in [7, 11) is 0. The fraction of sp³-hybridized carbons (Fsp3) is 0.818. The van der Waals surface area contributed by atoms with Crippen molar-refractivity contribution in [1.29, 1.82) is 0 Å². The molecule has 0 saturated carbocycles. The molecule has 2 N–H and O–H groups in total. The molecule has 0 heterocycles. The smallest absolute Gasteiger partial charge is 0.326 e. The zero-order valence-electron chi connectivity index (χ0n) is 10.7. The summed E-state index contributed by atoms with van der Waals surface area (Å²) in [6, 6.07) is -1.20. The zero-order chi connectivity index (χ0) is 12.9. The molecule has 1 unspecified atom stereocenters. The number of nitrogens with zero attached hydrogens (tertiary/aromatic N) is 1. The summed E-state index contributed by atoms with van der Waals surface area (Å²) in [5.74, 6) is -1.01. The maximum absolute atomic E-state index is 11.7. The lowest BCUT2D eigenvalue weighted by Gasteiger charge is -2.30. The minimum atomic E-state index is -1.01. The Kier molecular flexibility index (Phi) is 5.27. The van der Waals surface area contributed by atoms with Gasteiger partial charge in [-0.3, -0.25) is 0 Å². The van der Waals surface area contributed by atoms with Crippen LogP contribution in [0.1, 0.15) is 34.6 Å². The van der Waals surface area contributed by atoms with E-state index in [1.165, 1.54) is 0 Å². The molecule has 0 aromatic rings. The van der Waals surface area contributed by atoms with Crippen LogP contribution < -0.4 is 5.32 Å². The number of rotatable bonds is 4. The van der Waals surface area contributed by atoms with Crippen LogP contribution in [-0.2, 0) is 4.79 Å². The first-order chi connectivity index (χ1) is 7.23. The predicted molar refractivity (Wildman–Crippen MR) is 62.3 cm³/mol. The van der Waals surface area contributed by atoms with E-state index in [1.54, 1.807) is 25.7 Å². The maximum Gasteiger partial charge on any atom is 0.326 e. The van der Waals surface area contributed by atoms with Crippen LogP contribution in [0.25, 0.3) is 0 Å². The van der Waals surface area contributed by atoms with Gasteiger partial charge < -0.3 is 15.3 Å². The Hall–Kier alpha value is -1.26. The normalized spacial score (nSPS) is 13.1. The minimum Gasteiger partial charge on any atom is -0.480 e. The SMILES string of the molecule is CCN(CC)C(=O)NC(C(=O)O)C(C)(C)C. The van der Waals surface area contributed by atoms with Gasteiger partial charge in [0.25, 0.3) is 0 Å². The standard InChI is InChI=1S/C11H22N2O3/c1-6-13(7-2)10(16)12-8(9(14)15)11(3,4)5/h8H,6-7H2,1-5H3,(H,12,16)(H,14,15). The van der Waals surface area contributed by atoms with Crippen molar-refractivity contribution in [3.63, 3.8) is 0 Å². The van der Waals surface area contributed by atoms with Gasteiger partial charge >= 0.3 is 12.0 Å². The third kappa shape index (κ3) is 4.08. The molecule has 0 bridgehead atoms. The van der Waals surface area contributed by atoms with E-state index in [1.807, 2.05) is 13.8 Å². The third-order valence-electron chi connectivity index (χ3n) is 2.43. The van der Waals surface area contributed by atoms with Crippen LogP contribution in [0, 0.1) is 5.41 Å². The maximum atomic E-state index is 11.7. The fourth-order valence-electron chi connectivity index (χ4n) is 1.37. The number of aliphatic carboxylic acids is 1. The predicted octanol–water partition coefficient (Wildman–Crippen LogP) is 1.54. The van der Waals surface area contributed by atoms with Crippen LogP contribution in [0.4, 0.5) is 4.79 Å². The number of amides is 2. The molecule has 2 amide bonds. The van der Waals surface area contributed by atoms with E-state index in [0.29, 0.717) is 13.1 Å². The highest BCUT2D eigenvalue weighted by Crippen LogP contribution is 2.19. The van der Waals surface area contributed by atoms with Crippen molar-refractivity contribution in [2.24, 2.45) is 5.41 Å². The number of urea groups is 1. The molecule has 0 radical (unpaired) electrons. The Bertz CT molecular complexity index is 254. The van der Waals surface area contributed by atoms with Gasteiger partial charge in [-0.1, -0.05) is 20.8 Å². The van der Waals surface area contributed by atoms with E-state index < -0.39 is 17.4 Å². The van der Waals surface area contributed by atoms with Gasteiger partial charge in [-0.15, -0.1) is 0 Å². The van der Waals surface area contributed by atoms with Gasteiger partial charge in [-0.05, 0) is 19.3 Å². The van der Waals surface area contributed by atoms with Crippen LogP contribution in [0.2, 0.25) is 0 Å². The Morgan fingerprint density at radius 2 is 1.69 bits per heavy atom. The lowest BCUT2D eigenvalue weighted by Crippen LogP contribution is -2.53. The molecule has 5 nitrogen and oxygen atoms in total. The molecule has 0 fully saturated rings. The largest absolute Gasteiger partial charge is 0.480 e. The average Bonchev–Trinajstić information content (AvgIpc) is 2.13. The molecule has 0 aliphatic heterocycles. The third-order valence-corrected chi connectivity index (χ3v) is 2.43. The summed E-state index contributed by atoms with van der Waals surface area (Å²) < 4.78 is 0. The van der Waals surface area contributed by atoms with Crippen molar-refractivity contribution >= 4 is 12.0 Å². The summed E-state index contributed by atoms with van der Waals surface area (Å²) in [5.41, 5.74) is -0.505. The highest BCUT2D eigenvalue weighted by atomic mass is 16.4. The molecule has 0 rings (SSSR count). The monoisotopic (exact) mass is 230 g/mol. The molecule has 0 spiro atoms. The second-order valence-electron chi connectivity index (χ2n) is 4.76. The lowest BCUT2D eigenvalue weighted by molar-refractivity contribution is -0.142. The molecule has 0 aliphatic carbocycles. The van der Waals surface area contributed by atoms with Gasteiger partial charge in [0.1, 0.15) is 6.04 Å². The van der Waals surface area contributed by atoms with Crippen LogP contribution >= 0.6 is 0 Å². The number of carboxylic acids is 1. The highest BCUT2D eigenvalue weighted by Gasteiger charge is 2.33. The van der Waals surface area contributed by atoms with Crippen molar-refractivity contribution in [1.82, 2.24) is 10.2 Å². The number of hydrogen-bond donors (Lipinski definition) is 2. The quantitative estimate of drug-likeness (QED) is 0.769. The molecule has 0 aromatic heterocycles. The van der Waals surface area contributed by atoms with Gasteiger partial charge in [0, 0.05) is 13.1 Å². The fourth-order valence-corrected chi connectivity index (χ4v) is 1.37. The van der Waals surface area contributed by atoms with E-state index in [4.69, 9.17) is 5.11 Å². The van der Waals surface area contributed by atoms with E-state index in [0.717, 1.165) is 0 Å². The summed E-state index contributed by atoms with van der Waals surface area (Å²) in [6.45, 7) is 10.2. The van der Waals surface area contributed by atoms with Gasteiger partial charge in [0.2, 0.25) is 0 Å². The second-order valence-corrected chi connectivity index (χ2v) is 4.76. The zero-order valence-corrected chi connectivity index (χ0v) is 10.7. The summed E-state index contributed by atoms with van der Waals surface area (Å²) in [5, 5.41) is 11.6. The topological polar surface area (TPSA) is 69.6 Å². The minimum absolute atomic E-state index is 0.327. The summed E-state index contributed by atoms with van der Waals surface area (Å²) >= 11 is 0. The van der Waals surface area contributed by atoms with E-state index in [2.05, 4.69) is 5.32 Å². The number of carboxylic acid groups (broad SMARTS) is 1. The van der Waals surface area contributed by atoms with E-state index in [9.17, 15) is 9.59 Å². The van der Waals surface area contributed by atoms with Gasteiger partial charge in [-0.25, -0.2) is 9.59 Å². The first-order valence-corrected chi connectivity index (χ1v) is 5.52. The molecule has 16 heavy (non-hydrogen) atoms. The number of nitrogens with one attached hydrogen (secondary N) is 1. The molecule has 0 aliphatic rings. The number of carbonyl (C=O) groups is 2. The van der Waals surface area contributed by atoms with E-state index >= 15 is 0 Å². The van der Waals surface area contributed by atoms with Crippen molar-refractivity contribution in [2.75, 3.05) is 13.1 Å². The molecule has 5 heteroatoms. The van der Waals surface area contributed by atoms with Crippen LogP contribution in [0.5, 0.6) is 0 Å². The van der Waals surface area contributed by atoms with E-state index in [-0.39, 0.29) is 6.03 Å². The van der Waals surface area contributed by atoms with Crippen molar-refractivity contribution in [3.8, 4) is 0 Å². The highest BCUT2D eigenvalue weighted by molar-refractivity contribution is 5.83. The van der Waals surface area contributed by atoms with Crippen LogP contribution in [-0.4, -0.2) is 41.1 Å². The molecule has 0 aromatic carbocycles. The van der Waals surface area contributed by atoms with Crippen LogP contribution in [0.3, 0.4) is 0 Å². The molecule has 94 valence electrons. The van der Waals surface area contributed by atoms with Crippen molar-refractivity contribution < 1.29 is 14.7 Å². The molecular formula is C11H22N2O3. The summed E-state index contributed by atoms with van der Waals surface area (Å²) in [4.78, 5) is 24.3. The average molecular weight is 230 g/mol. The van der Waals surface area contributed by atoms with Crippen molar-refractivity contribution in [2.45, 2.75) is 40.7 Å². The Morgan fingerprint density at radius 3 is 1.94 bits per heavy atom. The lowest BCUT2D eigenvalue weighted by atomic mass is 9.87.